The van der Waals surface area contributed by atoms with E-state index in [1.165, 1.54) is 19.1 Å². The van der Waals surface area contributed by atoms with Crippen LogP contribution in [0.4, 0.5) is 0 Å². The summed E-state index contributed by atoms with van der Waals surface area (Å²) in [5.74, 6) is -7.44. The summed E-state index contributed by atoms with van der Waals surface area (Å²) < 4.78 is 24.1. The molecule has 0 aromatic rings. The van der Waals surface area contributed by atoms with Gasteiger partial charge in [-0.2, -0.15) is 0 Å². The molecule has 0 aromatic heterocycles. The van der Waals surface area contributed by atoms with E-state index in [0.717, 1.165) is 30.4 Å². The molecule has 1 amide bonds. The first kappa shape index (κ1) is 42.8. The predicted octanol–water partition coefficient (Wildman–Crippen LogP) is 5.57. The lowest BCUT2D eigenvalue weighted by atomic mass is 9.82. The largest absolute Gasteiger partial charge is 0.456 e. The number of ether oxygens (including phenoxy) is 4. The van der Waals surface area contributed by atoms with Crippen LogP contribution in [-0.2, 0) is 38.1 Å². The van der Waals surface area contributed by atoms with Gasteiger partial charge in [-0.1, -0.05) is 56.2 Å². The summed E-state index contributed by atoms with van der Waals surface area (Å²) in [4.78, 5) is 57.4. The Kier molecular flexibility index (Phi) is 15.4. The van der Waals surface area contributed by atoms with Gasteiger partial charge in [0.2, 0.25) is 5.79 Å². The Balaban J connectivity index is 1.78. The third-order valence-corrected chi connectivity index (χ3v) is 11.8. The van der Waals surface area contributed by atoms with E-state index in [-0.39, 0.29) is 37.5 Å². The zero-order chi connectivity index (χ0) is 39.0. The van der Waals surface area contributed by atoms with Gasteiger partial charge in [0.05, 0.1) is 18.3 Å². The van der Waals surface area contributed by atoms with Gasteiger partial charge in [-0.05, 0) is 89.5 Å². The molecule has 3 heterocycles. The molecule has 0 aromatic carbocycles. The van der Waals surface area contributed by atoms with Gasteiger partial charge in [0.25, 0.3) is 11.7 Å². The predicted molar refractivity (Wildman–Crippen MR) is 200 cm³/mol. The number of aliphatic hydroxyl groups is 2. The number of piperidine rings is 1. The van der Waals surface area contributed by atoms with E-state index in [1.807, 2.05) is 32.9 Å². The highest BCUT2D eigenvalue weighted by atomic mass is 16.7. The minimum absolute atomic E-state index is 0.0315. The van der Waals surface area contributed by atoms with Crippen molar-refractivity contribution in [3.05, 3.63) is 47.6 Å². The van der Waals surface area contributed by atoms with Gasteiger partial charge >= 0.3 is 5.97 Å². The lowest BCUT2D eigenvalue weighted by Crippen LogP contribution is -2.64. The Labute approximate surface area is 315 Å². The number of nitrogens with zero attached hydrogens (tertiary/aromatic N) is 1. The number of cyclic esters (lactones) is 1. The fourth-order valence-electron chi connectivity index (χ4n) is 8.61. The lowest BCUT2D eigenvalue weighted by molar-refractivity contribution is -0.302. The van der Waals surface area contributed by atoms with E-state index in [1.54, 1.807) is 19.9 Å². The first-order chi connectivity index (χ1) is 25.1. The topological polar surface area (TPSA) is 149 Å². The molecule has 2 saturated heterocycles. The summed E-state index contributed by atoms with van der Waals surface area (Å²) in [5.41, 5.74) is 2.80. The van der Waals surface area contributed by atoms with Crippen LogP contribution in [0.2, 0.25) is 0 Å². The lowest BCUT2D eigenvalue weighted by Gasteiger charge is -2.47. The third kappa shape index (κ3) is 10.2. The van der Waals surface area contributed by atoms with Crippen LogP contribution in [-0.4, -0.2) is 102 Å². The Morgan fingerprint density at radius 2 is 1.75 bits per heavy atom. The van der Waals surface area contributed by atoms with Gasteiger partial charge < -0.3 is 34.1 Å². The highest BCUT2D eigenvalue weighted by Crippen LogP contribution is 2.39. The standard InChI is InChI=1S/C42H63NO10/c1-9-14-31-20-25(2)19-26(3)21-35(50-7)38-36(51-8)23-28(5)42(49,53-38)39(46)40(47)43-18-13-12-17-32(43)41(48)52-37(29(6)33(44)24-34(31)45)27(4)22-30-15-10-11-16-30/h9,15,20,22,26,28-29,31-33,35-38,44,49H,1,10-14,16-19,21,23-24H2,2-8H3/b25-20+,27-22+/t26-,28+,29+,31+,32-,33-,35-,36-,37+,38+,42+/m0/s1. The maximum atomic E-state index is 14.1. The minimum Gasteiger partial charge on any atom is -0.456 e. The molecule has 11 atom stereocenters. The number of allylic oxidation sites excluding steroid dienone is 6. The fourth-order valence-corrected chi connectivity index (χ4v) is 8.61. The number of methoxy groups -OCH3 is 2. The summed E-state index contributed by atoms with van der Waals surface area (Å²) >= 11 is 0. The molecule has 4 aliphatic rings. The SMILES string of the molecule is C=CC[C@@H]1/C=C(\C)C[C@H](C)C[C@H](OC)[C@H]2O[C@@](O)(C(=O)C(=O)N3CCCC[C@H]3C(=O)O[C@H](/C(C)=C/C3=CCCC3)[C@H](C)[C@@H](O)CC1=O)[C@H](C)C[C@@H]2OC. The van der Waals surface area contributed by atoms with Gasteiger partial charge in [-0.3, -0.25) is 14.4 Å². The van der Waals surface area contributed by atoms with Crippen LogP contribution in [0.15, 0.2) is 47.6 Å². The van der Waals surface area contributed by atoms with Crippen LogP contribution in [0.1, 0.15) is 105 Å². The number of amides is 1. The van der Waals surface area contributed by atoms with E-state index in [0.29, 0.717) is 37.7 Å². The second kappa shape index (κ2) is 19.1. The monoisotopic (exact) mass is 741 g/mol. The molecule has 296 valence electrons. The van der Waals surface area contributed by atoms with Gasteiger partial charge in [-0.25, -0.2) is 4.79 Å². The number of ketones is 2. The molecule has 0 unspecified atom stereocenters. The molecule has 53 heavy (non-hydrogen) atoms. The number of hydrogen-bond acceptors (Lipinski definition) is 10. The smallest absolute Gasteiger partial charge is 0.329 e. The highest BCUT2D eigenvalue weighted by Gasteiger charge is 2.56. The van der Waals surface area contributed by atoms with Crippen molar-refractivity contribution in [2.45, 2.75) is 148 Å². The Hall–Kier alpha value is -2.96. The van der Waals surface area contributed by atoms with Crippen molar-refractivity contribution in [3.8, 4) is 0 Å². The van der Waals surface area contributed by atoms with Crippen molar-refractivity contribution in [1.82, 2.24) is 4.90 Å². The molecule has 1 aliphatic carbocycles. The van der Waals surface area contributed by atoms with E-state index >= 15 is 0 Å². The summed E-state index contributed by atoms with van der Waals surface area (Å²) in [6, 6.07) is -1.09. The number of esters is 1. The molecule has 11 nitrogen and oxygen atoms in total. The second-order valence-electron chi connectivity index (χ2n) is 16.0. The molecule has 4 rings (SSSR count). The number of carbonyl (C=O) groups excluding carboxylic acids is 4. The van der Waals surface area contributed by atoms with Crippen molar-refractivity contribution >= 4 is 23.4 Å². The second-order valence-corrected chi connectivity index (χ2v) is 16.0. The van der Waals surface area contributed by atoms with Crippen LogP contribution < -0.4 is 0 Å². The van der Waals surface area contributed by atoms with Crippen molar-refractivity contribution in [2.24, 2.45) is 23.7 Å². The summed E-state index contributed by atoms with van der Waals surface area (Å²) in [7, 11) is 3.07. The van der Waals surface area contributed by atoms with E-state index in [4.69, 9.17) is 18.9 Å². The van der Waals surface area contributed by atoms with Crippen LogP contribution >= 0.6 is 0 Å². The normalized spacial score (nSPS) is 38.6. The highest BCUT2D eigenvalue weighted by molar-refractivity contribution is 6.39. The summed E-state index contributed by atoms with van der Waals surface area (Å²) in [5, 5.41) is 23.5. The molecular weight excluding hydrogens is 678 g/mol. The first-order valence-corrected chi connectivity index (χ1v) is 19.5. The number of Topliss-reactive ketones (excluding diaryl/α,β-unsaturated/α-hetero) is 2. The zero-order valence-electron chi connectivity index (χ0n) is 32.9. The Bertz CT molecular complexity index is 1430. The number of carbonyl (C=O) groups is 4. The average Bonchev–Trinajstić information content (AvgIpc) is 3.65. The van der Waals surface area contributed by atoms with Crippen LogP contribution in [0.3, 0.4) is 0 Å². The Morgan fingerprint density at radius 1 is 1.06 bits per heavy atom. The molecule has 0 radical (unpaired) electrons. The van der Waals surface area contributed by atoms with E-state index in [2.05, 4.69) is 12.7 Å². The quantitative estimate of drug-likeness (QED) is 0.201. The van der Waals surface area contributed by atoms with Crippen molar-refractivity contribution < 1.29 is 48.3 Å². The van der Waals surface area contributed by atoms with Crippen molar-refractivity contribution in [2.75, 3.05) is 20.8 Å². The number of aliphatic hydroxyl groups excluding tert-OH is 1. The maximum absolute atomic E-state index is 14.1. The summed E-state index contributed by atoms with van der Waals surface area (Å²) in [6.07, 6.45) is 9.57. The molecule has 3 aliphatic heterocycles. The molecule has 2 fully saturated rings. The number of hydrogen-bond donors (Lipinski definition) is 2. The van der Waals surface area contributed by atoms with E-state index < -0.39 is 77.8 Å². The molecule has 2 N–H and O–H groups in total. The van der Waals surface area contributed by atoms with Crippen LogP contribution in [0.5, 0.6) is 0 Å². The van der Waals surface area contributed by atoms with Gasteiger partial charge in [0.1, 0.15) is 24.0 Å². The molecule has 0 spiro atoms. The van der Waals surface area contributed by atoms with E-state index in [9.17, 15) is 29.4 Å². The average molecular weight is 742 g/mol. The Morgan fingerprint density at radius 3 is 2.40 bits per heavy atom. The first-order valence-electron chi connectivity index (χ1n) is 19.5. The third-order valence-electron chi connectivity index (χ3n) is 11.8. The van der Waals surface area contributed by atoms with Gasteiger partial charge in [-0.15, -0.1) is 6.58 Å². The minimum atomic E-state index is -2.48. The van der Waals surface area contributed by atoms with Crippen LogP contribution in [0.25, 0.3) is 0 Å². The van der Waals surface area contributed by atoms with Crippen molar-refractivity contribution in [3.63, 3.8) is 0 Å². The zero-order valence-corrected chi connectivity index (χ0v) is 32.9. The molecule has 11 heteroatoms. The van der Waals surface area contributed by atoms with Crippen molar-refractivity contribution in [1.29, 1.82) is 0 Å². The van der Waals surface area contributed by atoms with Gasteiger partial charge in [0, 0.05) is 44.9 Å². The maximum Gasteiger partial charge on any atom is 0.329 e. The van der Waals surface area contributed by atoms with Gasteiger partial charge in [0.15, 0.2) is 0 Å². The summed E-state index contributed by atoms with van der Waals surface area (Å²) in [6.45, 7) is 13.3. The fraction of sp³-hybridized carbons (Fsp3) is 0.714. The molecule has 2 bridgehead atoms. The molecule has 0 saturated carbocycles. The van der Waals surface area contributed by atoms with Crippen LogP contribution in [0, 0.1) is 23.7 Å². The molecular formula is C42H63NO10. The number of rotatable bonds is 6. The number of fused-ring (bicyclic) bond motifs is 3.